The van der Waals surface area contributed by atoms with Gasteiger partial charge in [-0.15, -0.1) is 0 Å². The highest BCUT2D eigenvalue weighted by molar-refractivity contribution is 5.38. The number of nitrogens with one attached hydrogen (secondary N) is 1. The van der Waals surface area contributed by atoms with Crippen LogP contribution in [0.2, 0.25) is 0 Å². The van der Waals surface area contributed by atoms with E-state index in [2.05, 4.69) is 68.6 Å². The van der Waals surface area contributed by atoms with Crippen molar-refractivity contribution < 1.29 is 4.74 Å². The maximum atomic E-state index is 6.07. The Morgan fingerprint density at radius 2 is 1.71 bits per heavy atom. The Balaban J connectivity index is 2.09. The fourth-order valence-electron chi connectivity index (χ4n) is 2.34. The molecule has 112 valence electrons. The molecule has 2 rings (SSSR count). The van der Waals surface area contributed by atoms with Gasteiger partial charge in [-0.3, -0.25) is 0 Å². The Morgan fingerprint density at radius 3 is 2.33 bits per heavy atom. The van der Waals surface area contributed by atoms with Gasteiger partial charge in [-0.25, -0.2) is 0 Å². The first-order valence-electron chi connectivity index (χ1n) is 7.57. The maximum Gasteiger partial charge on any atom is 0.122 e. The van der Waals surface area contributed by atoms with E-state index in [0.29, 0.717) is 12.5 Å². The molecule has 0 saturated carbocycles. The lowest BCUT2D eigenvalue weighted by molar-refractivity contribution is 0.271. The lowest BCUT2D eigenvalue weighted by Crippen LogP contribution is -2.23. The van der Waals surface area contributed by atoms with E-state index in [1.807, 2.05) is 13.1 Å². The summed E-state index contributed by atoms with van der Waals surface area (Å²) in [5.74, 6) is 1.50. The van der Waals surface area contributed by atoms with Crippen molar-refractivity contribution in [3.63, 3.8) is 0 Å². The van der Waals surface area contributed by atoms with E-state index < -0.39 is 0 Å². The topological polar surface area (TPSA) is 21.3 Å². The van der Waals surface area contributed by atoms with Gasteiger partial charge in [0.25, 0.3) is 0 Å². The van der Waals surface area contributed by atoms with Gasteiger partial charge in [0.1, 0.15) is 12.4 Å². The molecule has 0 fully saturated rings. The second kappa shape index (κ2) is 7.28. The molecule has 0 radical (unpaired) electrons. The zero-order valence-electron chi connectivity index (χ0n) is 13.4. The summed E-state index contributed by atoms with van der Waals surface area (Å²) in [6.45, 7) is 7.13. The largest absolute Gasteiger partial charge is 0.491 e. The molecule has 0 aliphatic carbocycles. The smallest absolute Gasteiger partial charge is 0.122 e. The van der Waals surface area contributed by atoms with Gasteiger partial charge in [-0.05, 0) is 42.6 Å². The lowest BCUT2D eigenvalue weighted by atomic mass is 10.0. The SMILES string of the molecule is CNC(COc1cc(C(C)C)ccc1C)c1ccccc1. The number of rotatable bonds is 6. The molecule has 1 N–H and O–H groups in total. The molecule has 0 amide bonds. The number of hydrogen-bond donors (Lipinski definition) is 1. The van der Waals surface area contributed by atoms with E-state index in [4.69, 9.17) is 4.74 Å². The summed E-state index contributed by atoms with van der Waals surface area (Å²) in [6.07, 6.45) is 0. The zero-order valence-corrected chi connectivity index (χ0v) is 13.4. The van der Waals surface area contributed by atoms with Gasteiger partial charge in [0.05, 0.1) is 6.04 Å². The second-order valence-corrected chi connectivity index (χ2v) is 5.74. The van der Waals surface area contributed by atoms with E-state index in [0.717, 1.165) is 5.75 Å². The van der Waals surface area contributed by atoms with Crippen LogP contribution in [-0.2, 0) is 0 Å². The fraction of sp³-hybridized carbons (Fsp3) is 0.368. The molecule has 2 aromatic carbocycles. The first-order valence-corrected chi connectivity index (χ1v) is 7.57. The summed E-state index contributed by atoms with van der Waals surface area (Å²) >= 11 is 0. The van der Waals surface area contributed by atoms with Crippen LogP contribution in [0.4, 0.5) is 0 Å². The molecular weight excluding hydrogens is 258 g/mol. The predicted molar refractivity (Wildman–Crippen MR) is 89.0 cm³/mol. The molecule has 0 saturated heterocycles. The molecule has 2 heteroatoms. The van der Waals surface area contributed by atoms with Crippen LogP contribution < -0.4 is 10.1 Å². The number of benzene rings is 2. The minimum atomic E-state index is 0.202. The third-order valence-electron chi connectivity index (χ3n) is 3.83. The van der Waals surface area contributed by atoms with E-state index in [1.54, 1.807) is 0 Å². The van der Waals surface area contributed by atoms with Gasteiger partial charge in [0.2, 0.25) is 0 Å². The highest BCUT2D eigenvalue weighted by Gasteiger charge is 2.11. The van der Waals surface area contributed by atoms with Crippen LogP contribution in [0.3, 0.4) is 0 Å². The molecule has 0 aromatic heterocycles. The van der Waals surface area contributed by atoms with Gasteiger partial charge in [-0.1, -0.05) is 56.3 Å². The van der Waals surface area contributed by atoms with Crippen molar-refractivity contribution in [1.29, 1.82) is 0 Å². The molecule has 21 heavy (non-hydrogen) atoms. The average molecular weight is 283 g/mol. The third-order valence-corrected chi connectivity index (χ3v) is 3.83. The third kappa shape index (κ3) is 4.08. The molecule has 0 aliphatic heterocycles. The normalized spacial score (nSPS) is 12.4. The van der Waals surface area contributed by atoms with Crippen molar-refractivity contribution in [2.24, 2.45) is 0 Å². The highest BCUT2D eigenvalue weighted by Crippen LogP contribution is 2.25. The molecule has 0 bridgehead atoms. The molecular formula is C19H25NO. The predicted octanol–water partition coefficient (Wildman–Crippen LogP) is 4.46. The van der Waals surface area contributed by atoms with Crippen molar-refractivity contribution in [3.8, 4) is 5.75 Å². The van der Waals surface area contributed by atoms with Crippen LogP contribution in [0.5, 0.6) is 5.75 Å². The van der Waals surface area contributed by atoms with Crippen molar-refractivity contribution in [1.82, 2.24) is 5.32 Å². The van der Waals surface area contributed by atoms with Crippen LogP contribution in [0.1, 0.15) is 42.5 Å². The Bertz CT molecular complexity index is 563. The van der Waals surface area contributed by atoms with Gasteiger partial charge in [-0.2, -0.15) is 0 Å². The van der Waals surface area contributed by atoms with E-state index in [-0.39, 0.29) is 6.04 Å². The molecule has 0 spiro atoms. The Labute approximate surface area is 128 Å². The van der Waals surface area contributed by atoms with Crippen LogP contribution in [-0.4, -0.2) is 13.7 Å². The summed E-state index contributed by atoms with van der Waals surface area (Å²) in [4.78, 5) is 0. The quantitative estimate of drug-likeness (QED) is 0.845. The van der Waals surface area contributed by atoms with Crippen LogP contribution in [0, 0.1) is 6.92 Å². The van der Waals surface area contributed by atoms with Crippen molar-refractivity contribution in [2.75, 3.05) is 13.7 Å². The molecule has 2 aromatic rings. The molecule has 2 nitrogen and oxygen atoms in total. The van der Waals surface area contributed by atoms with Crippen molar-refractivity contribution in [2.45, 2.75) is 32.7 Å². The van der Waals surface area contributed by atoms with Crippen molar-refractivity contribution in [3.05, 3.63) is 65.2 Å². The highest BCUT2D eigenvalue weighted by atomic mass is 16.5. The van der Waals surface area contributed by atoms with Gasteiger partial charge >= 0.3 is 0 Å². The van der Waals surface area contributed by atoms with Crippen LogP contribution >= 0.6 is 0 Å². The molecule has 0 heterocycles. The standard InChI is InChI=1S/C19H25NO/c1-14(2)17-11-10-15(3)19(12-17)21-13-18(20-4)16-8-6-5-7-9-16/h5-12,14,18,20H,13H2,1-4H3. The first kappa shape index (κ1) is 15.6. The van der Waals surface area contributed by atoms with E-state index in [1.165, 1.54) is 16.7 Å². The van der Waals surface area contributed by atoms with Crippen LogP contribution in [0.15, 0.2) is 48.5 Å². The second-order valence-electron chi connectivity index (χ2n) is 5.74. The monoisotopic (exact) mass is 283 g/mol. The summed E-state index contributed by atoms with van der Waals surface area (Å²) in [6, 6.07) is 17.1. The lowest BCUT2D eigenvalue weighted by Gasteiger charge is -2.19. The minimum Gasteiger partial charge on any atom is -0.491 e. The summed E-state index contributed by atoms with van der Waals surface area (Å²) in [7, 11) is 1.97. The number of hydrogen-bond acceptors (Lipinski definition) is 2. The molecule has 1 atom stereocenters. The molecule has 0 aliphatic rings. The average Bonchev–Trinajstić information content (AvgIpc) is 2.50. The number of likely N-dealkylation sites (N-methyl/N-ethyl adjacent to an activating group) is 1. The van der Waals surface area contributed by atoms with Crippen molar-refractivity contribution >= 4 is 0 Å². The minimum absolute atomic E-state index is 0.202. The molecule has 1 unspecified atom stereocenters. The zero-order chi connectivity index (χ0) is 15.2. The Hall–Kier alpha value is -1.80. The summed E-state index contributed by atoms with van der Waals surface area (Å²) < 4.78 is 6.07. The van der Waals surface area contributed by atoms with E-state index in [9.17, 15) is 0 Å². The summed E-state index contributed by atoms with van der Waals surface area (Å²) in [5.41, 5.74) is 3.75. The van der Waals surface area contributed by atoms with Crippen LogP contribution in [0.25, 0.3) is 0 Å². The number of ether oxygens (including phenoxy) is 1. The fourth-order valence-corrected chi connectivity index (χ4v) is 2.34. The number of aryl methyl sites for hydroxylation is 1. The Kier molecular flexibility index (Phi) is 5.40. The maximum absolute atomic E-state index is 6.07. The van der Waals surface area contributed by atoms with Gasteiger partial charge in [0, 0.05) is 0 Å². The Morgan fingerprint density at radius 1 is 1.00 bits per heavy atom. The van der Waals surface area contributed by atoms with Gasteiger partial charge in [0.15, 0.2) is 0 Å². The van der Waals surface area contributed by atoms with Gasteiger partial charge < -0.3 is 10.1 Å². The first-order chi connectivity index (χ1) is 10.1. The summed E-state index contributed by atoms with van der Waals surface area (Å²) in [5, 5.41) is 3.32. The van der Waals surface area contributed by atoms with E-state index >= 15 is 0 Å².